The summed E-state index contributed by atoms with van der Waals surface area (Å²) in [7, 11) is 1.62. The summed E-state index contributed by atoms with van der Waals surface area (Å²) in [6.07, 6.45) is 4.73. The van der Waals surface area contributed by atoms with Crippen molar-refractivity contribution in [2.75, 3.05) is 17.7 Å². The van der Waals surface area contributed by atoms with Gasteiger partial charge in [0.1, 0.15) is 11.6 Å². The summed E-state index contributed by atoms with van der Waals surface area (Å²) < 4.78 is 5.18. The molecule has 0 atom stereocenters. The van der Waals surface area contributed by atoms with Gasteiger partial charge >= 0.3 is 0 Å². The number of aromatic nitrogens is 2. The van der Waals surface area contributed by atoms with Crippen LogP contribution in [0.4, 0.5) is 17.2 Å². The molecule has 0 aliphatic heterocycles. The molecule has 0 aliphatic rings. The summed E-state index contributed by atoms with van der Waals surface area (Å²) >= 11 is 0. The van der Waals surface area contributed by atoms with Gasteiger partial charge in [-0.15, -0.1) is 0 Å². The smallest absolute Gasteiger partial charge is 0.257 e. The van der Waals surface area contributed by atoms with Crippen LogP contribution in [0, 0.1) is 0 Å². The van der Waals surface area contributed by atoms with Crippen LogP contribution < -0.4 is 15.4 Å². The van der Waals surface area contributed by atoms with E-state index in [4.69, 9.17) is 4.74 Å². The number of rotatable bonds is 5. The first-order chi connectivity index (χ1) is 11.7. The number of hydrogen-bond donors (Lipinski definition) is 2. The topological polar surface area (TPSA) is 76.1 Å². The third-order valence-electron chi connectivity index (χ3n) is 3.29. The standard InChI is InChI=1S/C18H16N4O2/c1-24-16-6-2-5-14(10-16)21-17-8-7-15(12-20-17)22-18(23)13-4-3-9-19-11-13/h2-12H,1H3,(H,20,21)(H,22,23). The molecule has 3 aromatic rings. The van der Waals surface area contributed by atoms with Gasteiger partial charge < -0.3 is 15.4 Å². The zero-order valence-corrected chi connectivity index (χ0v) is 13.1. The van der Waals surface area contributed by atoms with Crippen molar-refractivity contribution < 1.29 is 9.53 Å². The molecule has 0 bridgehead atoms. The van der Waals surface area contributed by atoms with E-state index in [-0.39, 0.29) is 5.91 Å². The van der Waals surface area contributed by atoms with Crippen LogP contribution in [0.15, 0.2) is 67.1 Å². The van der Waals surface area contributed by atoms with Crippen LogP contribution in [0.1, 0.15) is 10.4 Å². The van der Waals surface area contributed by atoms with Crippen LogP contribution in [-0.2, 0) is 0 Å². The van der Waals surface area contributed by atoms with Crippen molar-refractivity contribution in [3.05, 3.63) is 72.7 Å². The quantitative estimate of drug-likeness (QED) is 0.752. The number of ether oxygens (including phenoxy) is 1. The molecule has 120 valence electrons. The molecule has 2 aromatic heterocycles. The Morgan fingerprint density at radius 1 is 1.04 bits per heavy atom. The first-order valence-electron chi connectivity index (χ1n) is 7.33. The SMILES string of the molecule is COc1cccc(Nc2ccc(NC(=O)c3cccnc3)cn2)c1. The van der Waals surface area contributed by atoms with Crippen molar-refractivity contribution in [2.45, 2.75) is 0 Å². The Balaban J connectivity index is 1.66. The Bertz CT molecular complexity index is 820. The Morgan fingerprint density at radius 3 is 2.67 bits per heavy atom. The number of carbonyl (C=O) groups is 1. The normalized spacial score (nSPS) is 10.0. The molecule has 0 unspecified atom stereocenters. The third-order valence-corrected chi connectivity index (χ3v) is 3.29. The second-order valence-corrected chi connectivity index (χ2v) is 4.98. The lowest BCUT2D eigenvalue weighted by atomic mass is 10.2. The van der Waals surface area contributed by atoms with Gasteiger partial charge in [0.05, 0.1) is 24.6 Å². The zero-order chi connectivity index (χ0) is 16.8. The number of benzene rings is 1. The monoisotopic (exact) mass is 320 g/mol. The van der Waals surface area contributed by atoms with Crippen LogP contribution >= 0.6 is 0 Å². The van der Waals surface area contributed by atoms with Gasteiger partial charge in [-0.1, -0.05) is 6.07 Å². The first kappa shape index (κ1) is 15.5. The van der Waals surface area contributed by atoms with Gasteiger partial charge in [0, 0.05) is 24.1 Å². The van der Waals surface area contributed by atoms with Gasteiger partial charge in [-0.25, -0.2) is 4.98 Å². The Labute approximate surface area is 139 Å². The maximum Gasteiger partial charge on any atom is 0.257 e. The van der Waals surface area contributed by atoms with Crippen molar-refractivity contribution in [3.63, 3.8) is 0 Å². The van der Waals surface area contributed by atoms with Crippen molar-refractivity contribution in [2.24, 2.45) is 0 Å². The van der Waals surface area contributed by atoms with Crippen molar-refractivity contribution in [1.29, 1.82) is 0 Å². The summed E-state index contributed by atoms with van der Waals surface area (Å²) in [5.41, 5.74) is 1.98. The fourth-order valence-corrected chi connectivity index (χ4v) is 2.09. The minimum atomic E-state index is -0.224. The minimum Gasteiger partial charge on any atom is -0.497 e. The predicted molar refractivity (Wildman–Crippen MR) is 92.7 cm³/mol. The highest BCUT2D eigenvalue weighted by Crippen LogP contribution is 2.21. The summed E-state index contributed by atoms with van der Waals surface area (Å²) in [4.78, 5) is 20.3. The molecule has 0 spiro atoms. The zero-order valence-electron chi connectivity index (χ0n) is 13.1. The molecular weight excluding hydrogens is 304 g/mol. The molecule has 2 heterocycles. The molecule has 1 aromatic carbocycles. The van der Waals surface area contributed by atoms with Gasteiger partial charge in [0.25, 0.3) is 5.91 Å². The fraction of sp³-hybridized carbons (Fsp3) is 0.0556. The molecule has 0 fully saturated rings. The molecule has 6 nitrogen and oxygen atoms in total. The van der Waals surface area contributed by atoms with Crippen LogP contribution in [0.5, 0.6) is 5.75 Å². The number of pyridine rings is 2. The number of anilines is 3. The lowest BCUT2D eigenvalue weighted by Gasteiger charge is -2.09. The Kier molecular flexibility index (Phi) is 4.67. The second-order valence-electron chi connectivity index (χ2n) is 4.98. The number of nitrogens with zero attached hydrogens (tertiary/aromatic N) is 2. The highest BCUT2D eigenvalue weighted by atomic mass is 16.5. The van der Waals surface area contributed by atoms with Gasteiger partial charge in [-0.05, 0) is 36.4 Å². The number of amides is 1. The van der Waals surface area contributed by atoms with Gasteiger partial charge in [-0.3, -0.25) is 9.78 Å². The van der Waals surface area contributed by atoms with Crippen LogP contribution in [-0.4, -0.2) is 23.0 Å². The average molecular weight is 320 g/mol. The van der Waals surface area contributed by atoms with E-state index < -0.39 is 0 Å². The highest BCUT2D eigenvalue weighted by molar-refractivity contribution is 6.03. The molecule has 0 aliphatic carbocycles. The number of nitrogens with one attached hydrogen (secondary N) is 2. The largest absolute Gasteiger partial charge is 0.497 e. The molecule has 0 saturated heterocycles. The minimum absolute atomic E-state index is 0.224. The van der Waals surface area contributed by atoms with Crippen LogP contribution in [0.3, 0.4) is 0 Å². The first-order valence-corrected chi connectivity index (χ1v) is 7.33. The van der Waals surface area contributed by atoms with Gasteiger partial charge in [-0.2, -0.15) is 0 Å². The molecule has 1 amide bonds. The average Bonchev–Trinajstić information content (AvgIpc) is 2.64. The van der Waals surface area contributed by atoms with E-state index in [2.05, 4.69) is 20.6 Å². The van der Waals surface area contributed by atoms with Crippen molar-refractivity contribution >= 4 is 23.1 Å². The van der Waals surface area contributed by atoms with Crippen molar-refractivity contribution in [1.82, 2.24) is 9.97 Å². The highest BCUT2D eigenvalue weighted by Gasteiger charge is 2.06. The molecule has 0 radical (unpaired) electrons. The van der Waals surface area contributed by atoms with Gasteiger partial charge in [0.2, 0.25) is 0 Å². The molecule has 6 heteroatoms. The summed E-state index contributed by atoms with van der Waals surface area (Å²) in [5, 5.41) is 5.96. The van der Waals surface area contributed by atoms with E-state index in [9.17, 15) is 4.79 Å². The number of methoxy groups -OCH3 is 1. The molecule has 0 saturated carbocycles. The maximum atomic E-state index is 12.1. The Morgan fingerprint density at radius 2 is 1.96 bits per heavy atom. The maximum absolute atomic E-state index is 12.1. The third kappa shape index (κ3) is 3.86. The summed E-state index contributed by atoms with van der Waals surface area (Å²) in [5.74, 6) is 1.21. The molecule has 2 N–H and O–H groups in total. The lowest BCUT2D eigenvalue weighted by Crippen LogP contribution is -2.12. The van der Waals surface area contributed by atoms with E-state index in [1.807, 2.05) is 24.3 Å². The molecular formula is C18H16N4O2. The lowest BCUT2D eigenvalue weighted by molar-refractivity contribution is 0.102. The van der Waals surface area contributed by atoms with E-state index in [0.29, 0.717) is 17.1 Å². The van der Waals surface area contributed by atoms with E-state index in [0.717, 1.165) is 11.4 Å². The number of carbonyl (C=O) groups excluding carboxylic acids is 1. The second kappa shape index (κ2) is 7.23. The van der Waals surface area contributed by atoms with Gasteiger partial charge in [0.15, 0.2) is 0 Å². The summed E-state index contributed by atoms with van der Waals surface area (Å²) in [6, 6.07) is 14.5. The van der Waals surface area contributed by atoms with E-state index >= 15 is 0 Å². The van der Waals surface area contributed by atoms with Crippen molar-refractivity contribution in [3.8, 4) is 5.75 Å². The molecule has 24 heavy (non-hydrogen) atoms. The summed E-state index contributed by atoms with van der Waals surface area (Å²) in [6.45, 7) is 0. The van der Waals surface area contributed by atoms with E-state index in [1.54, 1.807) is 43.8 Å². The van der Waals surface area contributed by atoms with Crippen LogP contribution in [0.25, 0.3) is 0 Å². The molecule has 3 rings (SSSR count). The number of hydrogen-bond acceptors (Lipinski definition) is 5. The van der Waals surface area contributed by atoms with E-state index in [1.165, 1.54) is 6.20 Å². The Hall–Kier alpha value is -3.41. The predicted octanol–water partition coefficient (Wildman–Crippen LogP) is 3.48. The van der Waals surface area contributed by atoms with Crippen LogP contribution in [0.2, 0.25) is 0 Å². The fourth-order valence-electron chi connectivity index (χ4n) is 2.09.